The van der Waals surface area contributed by atoms with Crippen LogP contribution < -0.4 is 5.32 Å². The van der Waals surface area contributed by atoms with Gasteiger partial charge in [0.25, 0.3) is 0 Å². The SMILES string of the molecule is COCC(=O)N1CCc2oc(-c3ccc(NC(=O)CCc4ccccc4)cc3)cc2C1. The number of benzene rings is 2. The summed E-state index contributed by atoms with van der Waals surface area (Å²) in [6, 6.07) is 19.6. The van der Waals surface area contributed by atoms with Gasteiger partial charge < -0.3 is 19.4 Å². The van der Waals surface area contributed by atoms with E-state index in [-0.39, 0.29) is 18.4 Å². The van der Waals surface area contributed by atoms with Gasteiger partial charge in [0.15, 0.2) is 0 Å². The number of furan rings is 1. The Morgan fingerprint density at radius 2 is 1.87 bits per heavy atom. The number of rotatable bonds is 7. The molecule has 31 heavy (non-hydrogen) atoms. The van der Waals surface area contributed by atoms with Crippen LogP contribution in [-0.2, 0) is 33.7 Å². The smallest absolute Gasteiger partial charge is 0.248 e. The highest BCUT2D eigenvalue weighted by Gasteiger charge is 2.24. The topological polar surface area (TPSA) is 71.8 Å². The fourth-order valence-corrected chi connectivity index (χ4v) is 3.75. The van der Waals surface area contributed by atoms with Crippen molar-refractivity contribution in [3.8, 4) is 11.3 Å². The molecule has 6 heteroatoms. The van der Waals surface area contributed by atoms with Crippen LogP contribution in [0.4, 0.5) is 5.69 Å². The molecule has 1 N–H and O–H groups in total. The first kappa shape index (κ1) is 20.9. The first-order valence-corrected chi connectivity index (χ1v) is 10.4. The standard InChI is InChI=1S/C25H26N2O4/c1-30-17-25(29)27-14-13-22-20(16-27)15-23(31-22)19-8-10-21(11-9-19)26-24(28)12-7-18-5-3-2-4-6-18/h2-6,8-11,15H,7,12-14,16-17H2,1H3,(H,26,28). The lowest BCUT2D eigenvalue weighted by atomic mass is 10.1. The van der Waals surface area contributed by atoms with Crippen LogP contribution in [0.2, 0.25) is 0 Å². The minimum Gasteiger partial charge on any atom is -0.461 e. The lowest BCUT2D eigenvalue weighted by Gasteiger charge is -2.25. The summed E-state index contributed by atoms with van der Waals surface area (Å²) in [5, 5.41) is 2.94. The molecule has 0 saturated heterocycles. The molecule has 0 spiro atoms. The van der Waals surface area contributed by atoms with Crippen molar-refractivity contribution in [2.75, 3.05) is 25.6 Å². The zero-order valence-electron chi connectivity index (χ0n) is 17.6. The van der Waals surface area contributed by atoms with Crippen molar-refractivity contribution in [2.24, 2.45) is 0 Å². The molecule has 160 valence electrons. The Morgan fingerprint density at radius 3 is 2.61 bits per heavy atom. The van der Waals surface area contributed by atoms with Crippen molar-refractivity contribution in [3.05, 3.63) is 77.6 Å². The predicted molar refractivity (Wildman–Crippen MR) is 119 cm³/mol. The average molecular weight is 418 g/mol. The second-order valence-corrected chi connectivity index (χ2v) is 7.67. The van der Waals surface area contributed by atoms with Gasteiger partial charge >= 0.3 is 0 Å². The number of hydrogen-bond donors (Lipinski definition) is 1. The molecule has 0 radical (unpaired) electrons. The molecule has 6 nitrogen and oxygen atoms in total. The molecule has 0 aliphatic carbocycles. The van der Waals surface area contributed by atoms with Gasteiger partial charge in [-0.05, 0) is 42.3 Å². The van der Waals surface area contributed by atoms with Gasteiger partial charge in [0.05, 0.1) is 0 Å². The maximum Gasteiger partial charge on any atom is 0.248 e. The monoisotopic (exact) mass is 418 g/mol. The van der Waals surface area contributed by atoms with Crippen molar-refractivity contribution < 1.29 is 18.7 Å². The summed E-state index contributed by atoms with van der Waals surface area (Å²) in [5.41, 5.74) is 3.88. The van der Waals surface area contributed by atoms with E-state index < -0.39 is 0 Å². The van der Waals surface area contributed by atoms with Crippen LogP contribution in [-0.4, -0.2) is 37.0 Å². The van der Waals surface area contributed by atoms with Crippen LogP contribution in [0.5, 0.6) is 0 Å². The summed E-state index contributed by atoms with van der Waals surface area (Å²) < 4.78 is 11.0. The van der Waals surface area contributed by atoms with E-state index in [1.165, 1.54) is 7.11 Å². The third kappa shape index (κ3) is 5.22. The van der Waals surface area contributed by atoms with Crippen molar-refractivity contribution in [2.45, 2.75) is 25.8 Å². The van der Waals surface area contributed by atoms with Crippen LogP contribution in [0.15, 0.2) is 65.1 Å². The minimum absolute atomic E-state index is 0.00844. The summed E-state index contributed by atoms with van der Waals surface area (Å²) in [4.78, 5) is 26.1. The Bertz CT molecular complexity index is 1040. The number of aryl methyl sites for hydroxylation is 1. The number of fused-ring (bicyclic) bond motifs is 1. The molecular weight excluding hydrogens is 392 g/mol. The van der Waals surface area contributed by atoms with Crippen molar-refractivity contribution in [3.63, 3.8) is 0 Å². The Kier molecular flexibility index (Phi) is 6.48. The Labute approximate surface area is 181 Å². The molecule has 0 saturated carbocycles. The number of amides is 2. The van der Waals surface area contributed by atoms with Gasteiger partial charge in [-0.15, -0.1) is 0 Å². The first-order valence-electron chi connectivity index (χ1n) is 10.4. The van der Waals surface area contributed by atoms with E-state index in [0.29, 0.717) is 32.4 Å². The quantitative estimate of drug-likeness (QED) is 0.628. The maximum absolute atomic E-state index is 12.2. The Morgan fingerprint density at radius 1 is 1.10 bits per heavy atom. The van der Waals surface area contributed by atoms with E-state index >= 15 is 0 Å². The van der Waals surface area contributed by atoms with E-state index in [2.05, 4.69) is 5.32 Å². The second kappa shape index (κ2) is 9.62. The molecule has 0 unspecified atom stereocenters. The van der Waals surface area contributed by atoms with Crippen LogP contribution in [0.3, 0.4) is 0 Å². The van der Waals surface area contributed by atoms with Gasteiger partial charge in [0.2, 0.25) is 11.8 Å². The number of methoxy groups -OCH3 is 1. The van der Waals surface area contributed by atoms with E-state index in [1.54, 1.807) is 4.90 Å². The first-order chi connectivity index (χ1) is 15.1. The van der Waals surface area contributed by atoms with Crippen molar-refractivity contribution >= 4 is 17.5 Å². The fraction of sp³-hybridized carbons (Fsp3) is 0.280. The number of nitrogens with zero attached hydrogens (tertiary/aromatic N) is 1. The summed E-state index contributed by atoms with van der Waals surface area (Å²) in [5.74, 6) is 1.68. The molecule has 1 aliphatic heterocycles. The maximum atomic E-state index is 12.2. The van der Waals surface area contributed by atoms with Crippen LogP contribution >= 0.6 is 0 Å². The number of hydrogen-bond acceptors (Lipinski definition) is 4. The Balaban J connectivity index is 1.35. The van der Waals surface area contributed by atoms with Crippen LogP contribution in [0.1, 0.15) is 23.3 Å². The van der Waals surface area contributed by atoms with Gasteiger partial charge in [-0.3, -0.25) is 9.59 Å². The van der Waals surface area contributed by atoms with Gasteiger partial charge in [0.1, 0.15) is 18.1 Å². The second-order valence-electron chi connectivity index (χ2n) is 7.67. The predicted octanol–water partition coefficient (Wildman–Crippen LogP) is 4.05. The molecule has 2 heterocycles. The third-order valence-corrected chi connectivity index (χ3v) is 5.42. The molecular formula is C25H26N2O4. The van der Waals surface area contributed by atoms with E-state index in [4.69, 9.17) is 9.15 Å². The Hall–Kier alpha value is -3.38. The fourth-order valence-electron chi connectivity index (χ4n) is 3.75. The number of nitrogens with one attached hydrogen (secondary N) is 1. The van der Waals surface area contributed by atoms with Gasteiger partial charge in [-0.1, -0.05) is 30.3 Å². The normalized spacial score (nSPS) is 13.0. The molecule has 4 rings (SSSR count). The molecule has 3 aromatic rings. The van der Waals surface area contributed by atoms with Crippen LogP contribution in [0.25, 0.3) is 11.3 Å². The minimum atomic E-state index is -0.0109. The zero-order chi connectivity index (χ0) is 21.6. The lowest BCUT2D eigenvalue weighted by Crippen LogP contribution is -2.37. The summed E-state index contributed by atoms with van der Waals surface area (Å²) >= 11 is 0. The van der Waals surface area contributed by atoms with E-state index in [0.717, 1.165) is 33.9 Å². The molecule has 0 fully saturated rings. The molecule has 0 bridgehead atoms. The summed E-state index contributed by atoms with van der Waals surface area (Å²) in [6.07, 6.45) is 1.85. The number of anilines is 1. The van der Waals surface area contributed by atoms with Gasteiger partial charge in [-0.25, -0.2) is 0 Å². The molecule has 2 amide bonds. The molecule has 1 aliphatic rings. The summed E-state index contributed by atoms with van der Waals surface area (Å²) in [6.45, 7) is 1.27. The van der Waals surface area contributed by atoms with Gasteiger partial charge in [-0.2, -0.15) is 0 Å². The largest absolute Gasteiger partial charge is 0.461 e. The van der Waals surface area contributed by atoms with Crippen LogP contribution in [0, 0.1) is 0 Å². The highest BCUT2D eigenvalue weighted by molar-refractivity contribution is 5.91. The molecule has 1 aromatic heterocycles. The highest BCUT2D eigenvalue weighted by Crippen LogP contribution is 2.30. The van der Waals surface area contributed by atoms with Gasteiger partial charge in [0, 0.05) is 49.9 Å². The number of carbonyl (C=O) groups is 2. The van der Waals surface area contributed by atoms with Crippen molar-refractivity contribution in [1.29, 1.82) is 0 Å². The van der Waals surface area contributed by atoms with E-state index in [9.17, 15) is 9.59 Å². The summed E-state index contributed by atoms with van der Waals surface area (Å²) in [7, 11) is 1.53. The molecule has 2 aromatic carbocycles. The van der Waals surface area contributed by atoms with E-state index in [1.807, 2.05) is 60.7 Å². The van der Waals surface area contributed by atoms with Crippen molar-refractivity contribution in [1.82, 2.24) is 4.90 Å². The third-order valence-electron chi connectivity index (χ3n) is 5.42. The number of carbonyl (C=O) groups excluding carboxylic acids is 2. The number of ether oxygens (including phenoxy) is 1. The molecule has 0 atom stereocenters. The zero-order valence-corrected chi connectivity index (χ0v) is 17.6. The lowest BCUT2D eigenvalue weighted by molar-refractivity contribution is -0.136. The highest BCUT2D eigenvalue weighted by atomic mass is 16.5. The average Bonchev–Trinajstić information content (AvgIpc) is 3.22.